The fourth-order valence-corrected chi connectivity index (χ4v) is 3.98. The first-order valence-corrected chi connectivity index (χ1v) is 10.3. The summed E-state index contributed by atoms with van der Waals surface area (Å²) in [5.41, 5.74) is 2.42. The molecule has 0 aliphatic rings. The lowest BCUT2D eigenvalue weighted by Gasteiger charge is -2.13. The summed E-state index contributed by atoms with van der Waals surface area (Å²) < 4.78 is 19.5. The first kappa shape index (κ1) is 20.9. The van der Waals surface area contributed by atoms with Crippen LogP contribution in [0.25, 0.3) is 22.4 Å². The van der Waals surface area contributed by atoms with E-state index in [1.54, 1.807) is 30.3 Å². The number of allylic oxidation sites excluding steroid dienone is 1. The van der Waals surface area contributed by atoms with Gasteiger partial charge in [-0.2, -0.15) is 5.26 Å². The van der Waals surface area contributed by atoms with Gasteiger partial charge in [-0.1, -0.05) is 77.8 Å². The van der Waals surface area contributed by atoms with Crippen molar-refractivity contribution in [2.45, 2.75) is 6.61 Å². The number of nitriles is 1. The van der Waals surface area contributed by atoms with Crippen LogP contribution in [0.3, 0.4) is 0 Å². The molecule has 5 heteroatoms. The van der Waals surface area contributed by atoms with E-state index in [9.17, 15) is 9.65 Å². The monoisotopic (exact) mass is 447 g/mol. The molecule has 0 bridgehead atoms. The Morgan fingerprint density at radius 1 is 0.935 bits per heavy atom. The maximum atomic E-state index is 13.5. The highest BCUT2D eigenvalue weighted by atomic mass is 35.5. The molecule has 0 heterocycles. The molecule has 4 aromatic carbocycles. The summed E-state index contributed by atoms with van der Waals surface area (Å²) in [6, 6.07) is 25.4. The fourth-order valence-electron chi connectivity index (χ4n) is 3.37. The van der Waals surface area contributed by atoms with E-state index in [-0.39, 0.29) is 0 Å². The minimum absolute atomic E-state index is 0.302. The van der Waals surface area contributed by atoms with Gasteiger partial charge in [-0.25, -0.2) is 4.39 Å². The first-order valence-electron chi connectivity index (χ1n) is 9.51. The van der Waals surface area contributed by atoms with Gasteiger partial charge in [0, 0.05) is 0 Å². The molecular weight excluding hydrogens is 432 g/mol. The average Bonchev–Trinajstić information content (AvgIpc) is 2.77. The number of ether oxygens (including phenoxy) is 1. The third kappa shape index (κ3) is 4.72. The number of nitrogens with zero attached hydrogens (tertiary/aromatic N) is 1. The molecule has 4 aromatic rings. The van der Waals surface area contributed by atoms with Crippen LogP contribution in [0.2, 0.25) is 10.0 Å². The van der Waals surface area contributed by atoms with Gasteiger partial charge in [-0.3, -0.25) is 0 Å². The predicted molar refractivity (Wildman–Crippen MR) is 125 cm³/mol. The van der Waals surface area contributed by atoms with Crippen LogP contribution in [0.1, 0.15) is 16.7 Å². The molecule has 2 nitrogen and oxygen atoms in total. The lowest BCUT2D eigenvalue weighted by molar-refractivity contribution is 0.308. The highest BCUT2D eigenvalue weighted by molar-refractivity contribution is 6.37. The van der Waals surface area contributed by atoms with Gasteiger partial charge in [0.2, 0.25) is 0 Å². The van der Waals surface area contributed by atoms with E-state index in [2.05, 4.69) is 6.07 Å². The highest BCUT2D eigenvalue weighted by Crippen LogP contribution is 2.36. The Labute approximate surface area is 189 Å². The van der Waals surface area contributed by atoms with Crippen LogP contribution in [0.4, 0.5) is 4.39 Å². The molecule has 0 amide bonds. The SMILES string of the molecule is N#C/C(=C/c1cc(Cl)c(OCc2cccc3ccccc23)c(Cl)c1)c1cccc(F)c1. The van der Waals surface area contributed by atoms with Gasteiger partial charge in [-0.05, 0) is 57.8 Å². The van der Waals surface area contributed by atoms with E-state index in [0.29, 0.717) is 39.1 Å². The van der Waals surface area contributed by atoms with Gasteiger partial charge < -0.3 is 4.74 Å². The second kappa shape index (κ2) is 9.22. The third-order valence-electron chi connectivity index (χ3n) is 4.84. The van der Waals surface area contributed by atoms with Crippen LogP contribution < -0.4 is 4.74 Å². The minimum atomic E-state index is -0.410. The highest BCUT2D eigenvalue weighted by Gasteiger charge is 2.12. The average molecular weight is 448 g/mol. The summed E-state index contributed by atoms with van der Waals surface area (Å²) in [5.74, 6) is -0.0374. The maximum absolute atomic E-state index is 13.5. The summed E-state index contributed by atoms with van der Waals surface area (Å²) in [5, 5.41) is 12.4. The van der Waals surface area contributed by atoms with Gasteiger partial charge in [0.15, 0.2) is 5.75 Å². The molecule has 0 N–H and O–H groups in total. The number of fused-ring (bicyclic) bond motifs is 1. The summed E-state index contributed by atoms with van der Waals surface area (Å²) >= 11 is 12.9. The summed E-state index contributed by atoms with van der Waals surface area (Å²) in [6.07, 6.45) is 1.61. The standard InChI is InChI=1S/C26H16Cl2FNO/c27-24-12-17(11-21(15-30)19-7-4-9-22(29)14-19)13-25(28)26(24)31-16-20-8-3-6-18-5-1-2-10-23(18)20/h1-14H,16H2/b21-11-. The Kier molecular flexibility index (Phi) is 6.23. The largest absolute Gasteiger partial charge is 0.486 e. The molecular formula is C26H16Cl2FNO. The molecule has 0 aromatic heterocycles. The lowest BCUT2D eigenvalue weighted by Crippen LogP contribution is -1.98. The van der Waals surface area contributed by atoms with E-state index in [0.717, 1.165) is 16.3 Å². The van der Waals surface area contributed by atoms with Crippen molar-refractivity contribution < 1.29 is 9.13 Å². The molecule has 0 aliphatic heterocycles. The van der Waals surface area contributed by atoms with E-state index in [4.69, 9.17) is 27.9 Å². The lowest BCUT2D eigenvalue weighted by atomic mass is 10.0. The zero-order valence-corrected chi connectivity index (χ0v) is 17.8. The molecule has 0 unspecified atom stereocenters. The van der Waals surface area contributed by atoms with Crippen molar-refractivity contribution in [3.63, 3.8) is 0 Å². The zero-order valence-electron chi connectivity index (χ0n) is 16.3. The molecule has 0 radical (unpaired) electrons. The second-order valence-corrected chi connectivity index (χ2v) is 7.74. The van der Waals surface area contributed by atoms with Crippen LogP contribution >= 0.6 is 23.2 Å². The molecule has 0 saturated carbocycles. The maximum Gasteiger partial charge on any atom is 0.157 e. The Balaban J connectivity index is 1.61. The minimum Gasteiger partial charge on any atom is -0.486 e. The van der Waals surface area contributed by atoms with Crippen molar-refractivity contribution in [1.82, 2.24) is 0 Å². The van der Waals surface area contributed by atoms with Crippen LogP contribution in [0.5, 0.6) is 5.75 Å². The van der Waals surface area contributed by atoms with Crippen molar-refractivity contribution in [1.29, 1.82) is 5.26 Å². The van der Waals surface area contributed by atoms with Gasteiger partial charge in [-0.15, -0.1) is 0 Å². The summed E-state index contributed by atoms with van der Waals surface area (Å²) in [4.78, 5) is 0. The number of benzene rings is 4. The summed E-state index contributed by atoms with van der Waals surface area (Å²) in [7, 11) is 0. The van der Waals surface area contributed by atoms with E-state index in [1.165, 1.54) is 12.1 Å². The van der Waals surface area contributed by atoms with Crippen LogP contribution in [-0.2, 0) is 6.61 Å². The smallest absolute Gasteiger partial charge is 0.157 e. The Hall–Kier alpha value is -3.32. The van der Waals surface area contributed by atoms with Crippen molar-refractivity contribution in [3.05, 3.63) is 111 Å². The molecule has 0 atom stereocenters. The van der Waals surface area contributed by atoms with Crippen molar-refractivity contribution in [2.24, 2.45) is 0 Å². The van der Waals surface area contributed by atoms with Crippen molar-refractivity contribution in [2.75, 3.05) is 0 Å². The van der Waals surface area contributed by atoms with E-state index >= 15 is 0 Å². The molecule has 0 spiro atoms. The predicted octanol–water partition coefficient (Wildman–Crippen LogP) is 7.93. The number of hydrogen-bond donors (Lipinski definition) is 0. The van der Waals surface area contributed by atoms with Gasteiger partial charge >= 0.3 is 0 Å². The zero-order chi connectivity index (χ0) is 21.8. The van der Waals surface area contributed by atoms with Crippen LogP contribution in [-0.4, -0.2) is 0 Å². The van der Waals surface area contributed by atoms with E-state index in [1.807, 2.05) is 42.5 Å². The van der Waals surface area contributed by atoms with E-state index < -0.39 is 5.82 Å². The molecule has 31 heavy (non-hydrogen) atoms. The molecule has 0 saturated heterocycles. The second-order valence-electron chi connectivity index (χ2n) is 6.92. The normalized spacial score (nSPS) is 11.4. The molecule has 152 valence electrons. The number of hydrogen-bond acceptors (Lipinski definition) is 2. The fraction of sp³-hybridized carbons (Fsp3) is 0.0385. The topological polar surface area (TPSA) is 33.0 Å². The number of halogens is 3. The Bertz CT molecular complexity index is 1310. The Morgan fingerprint density at radius 3 is 2.39 bits per heavy atom. The van der Waals surface area contributed by atoms with Crippen LogP contribution in [0, 0.1) is 17.1 Å². The van der Waals surface area contributed by atoms with Gasteiger partial charge in [0.1, 0.15) is 12.4 Å². The number of rotatable bonds is 5. The van der Waals surface area contributed by atoms with Gasteiger partial charge in [0.05, 0.1) is 21.7 Å². The summed E-state index contributed by atoms with van der Waals surface area (Å²) in [6.45, 7) is 0.308. The van der Waals surface area contributed by atoms with Crippen molar-refractivity contribution in [3.8, 4) is 11.8 Å². The van der Waals surface area contributed by atoms with Gasteiger partial charge in [0.25, 0.3) is 0 Å². The van der Waals surface area contributed by atoms with Crippen LogP contribution in [0.15, 0.2) is 78.9 Å². The Morgan fingerprint density at radius 2 is 1.65 bits per heavy atom. The molecule has 0 aliphatic carbocycles. The molecule has 0 fully saturated rings. The van der Waals surface area contributed by atoms with Crippen molar-refractivity contribution >= 4 is 45.6 Å². The molecule has 4 rings (SSSR count). The first-order chi connectivity index (χ1) is 15.0. The quantitative estimate of drug-likeness (QED) is 0.229. The third-order valence-corrected chi connectivity index (χ3v) is 5.40.